The molecule has 0 aliphatic rings. The summed E-state index contributed by atoms with van der Waals surface area (Å²) < 4.78 is 25.8. The zero-order chi connectivity index (χ0) is 21.3. The molecule has 0 bridgehead atoms. The van der Waals surface area contributed by atoms with Crippen molar-refractivity contribution in [1.82, 2.24) is 4.31 Å². The van der Waals surface area contributed by atoms with Crippen LogP contribution in [-0.4, -0.2) is 53.7 Å². The Bertz CT molecular complexity index is 503. The van der Waals surface area contributed by atoms with E-state index in [1.807, 2.05) is 0 Å². The first kappa shape index (κ1) is 26.9. The predicted octanol–water partition coefficient (Wildman–Crippen LogP) is 4.27. The molecule has 0 aromatic rings. The molecule has 0 atom stereocenters. The number of sulfonamides is 1. The van der Waals surface area contributed by atoms with Crippen molar-refractivity contribution in [2.75, 3.05) is 18.8 Å². The maximum absolute atomic E-state index is 12.4. The zero-order valence-electron chi connectivity index (χ0n) is 17.4. The lowest BCUT2D eigenvalue weighted by Crippen LogP contribution is -2.36. The van der Waals surface area contributed by atoms with Gasteiger partial charge in [-0.3, -0.25) is 9.59 Å². The van der Waals surface area contributed by atoms with Gasteiger partial charge in [0.15, 0.2) is 0 Å². The van der Waals surface area contributed by atoms with Gasteiger partial charge in [-0.05, 0) is 6.42 Å². The van der Waals surface area contributed by atoms with Crippen LogP contribution in [-0.2, 0) is 19.6 Å². The Labute approximate surface area is 170 Å². The first-order valence-electron chi connectivity index (χ1n) is 10.7. The molecule has 0 heterocycles. The minimum Gasteiger partial charge on any atom is -0.481 e. The zero-order valence-corrected chi connectivity index (χ0v) is 18.2. The van der Waals surface area contributed by atoms with E-state index in [0.29, 0.717) is 6.42 Å². The molecular formula is C20H39NO6S. The van der Waals surface area contributed by atoms with Crippen molar-refractivity contribution in [3.63, 3.8) is 0 Å². The molecule has 0 fully saturated rings. The first-order chi connectivity index (χ1) is 13.3. The third kappa shape index (κ3) is 15.9. The van der Waals surface area contributed by atoms with Gasteiger partial charge in [-0.2, -0.15) is 0 Å². The second-order valence-electron chi connectivity index (χ2n) is 7.39. The van der Waals surface area contributed by atoms with Crippen LogP contribution in [0.15, 0.2) is 0 Å². The van der Waals surface area contributed by atoms with Crippen LogP contribution in [0.3, 0.4) is 0 Å². The fourth-order valence-corrected chi connectivity index (χ4v) is 4.65. The molecule has 0 aliphatic heterocycles. The lowest BCUT2D eigenvalue weighted by atomic mass is 10.1. The second kappa shape index (κ2) is 16.8. The number of carboxylic acid groups (broad SMARTS) is 2. The molecule has 0 amide bonds. The highest BCUT2D eigenvalue weighted by atomic mass is 32.2. The van der Waals surface area contributed by atoms with Gasteiger partial charge in [0, 0.05) is 13.1 Å². The summed E-state index contributed by atoms with van der Waals surface area (Å²) in [6.45, 7) is 1.86. The van der Waals surface area contributed by atoms with Gasteiger partial charge in [-0.25, -0.2) is 12.7 Å². The van der Waals surface area contributed by atoms with Crippen LogP contribution >= 0.6 is 0 Å². The molecule has 0 aromatic heterocycles. The van der Waals surface area contributed by atoms with Crippen LogP contribution in [0.25, 0.3) is 0 Å². The molecule has 7 nitrogen and oxygen atoms in total. The number of hydrogen-bond donors (Lipinski definition) is 2. The average Bonchev–Trinajstić information content (AvgIpc) is 2.61. The van der Waals surface area contributed by atoms with Crippen molar-refractivity contribution >= 4 is 22.0 Å². The standard InChI is InChI=1S/C20H39NO6S/c1-2-3-4-5-6-7-8-9-10-11-12-13-18-28(26,27)21(16-14-19(22)23)17-15-20(24)25/h2-18H2,1H3,(H,22,23)(H,24,25). The summed E-state index contributed by atoms with van der Waals surface area (Å²) >= 11 is 0. The van der Waals surface area contributed by atoms with E-state index >= 15 is 0 Å². The number of hydrogen-bond acceptors (Lipinski definition) is 4. The predicted molar refractivity (Wildman–Crippen MR) is 111 cm³/mol. The summed E-state index contributed by atoms with van der Waals surface area (Å²) in [5, 5.41) is 17.5. The molecule has 0 saturated heterocycles. The molecule has 0 spiro atoms. The number of nitrogens with zero attached hydrogens (tertiary/aromatic N) is 1. The van der Waals surface area contributed by atoms with Crippen LogP contribution in [0.4, 0.5) is 0 Å². The normalized spacial score (nSPS) is 11.8. The maximum atomic E-state index is 12.4. The van der Waals surface area contributed by atoms with Gasteiger partial charge >= 0.3 is 11.9 Å². The highest BCUT2D eigenvalue weighted by Crippen LogP contribution is 2.13. The lowest BCUT2D eigenvalue weighted by molar-refractivity contribution is -0.137. The first-order valence-corrected chi connectivity index (χ1v) is 12.3. The van der Waals surface area contributed by atoms with E-state index in [2.05, 4.69) is 6.92 Å². The summed E-state index contributed by atoms with van der Waals surface area (Å²) in [4.78, 5) is 21.4. The number of unbranched alkanes of at least 4 members (excludes halogenated alkanes) is 11. The number of carboxylic acids is 2. The Kier molecular flexibility index (Phi) is 16.1. The highest BCUT2D eigenvalue weighted by molar-refractivity contribution is 7.89. The van der Waals surface area contributed by atoms with E-state index < -0.39 is 22.0 Å². The van der Waals surface area contributed by atoms with E-state index in [9.17, 15) is 18.0 Å². The summed E-state index contributed by atoms with van der Waals surface area (Å²) in [5.74, 6) is -2.24. The Morgan fingerprint density at radius 3 is 1.39 bits per heavy atom. The van der Waals surface area contributed by atoms with E-state index in [1.165, 1.54) is 51.4 Å². The summed E-state index contributed by atoms with van der Waals surface area (Å²) in [5.41, 5.74) is 0. The average molecular weight is 422 g/mol. The minimum atomic E-state index is -3.62. The molecule has 0 saturated carbocycles. The number of carbonyl (C=O) groups is 2. The molecular weight excluding hydrogens is 382 g/mol. The minimum absolute atomic E-state index is 0.0519. The topological polar surface area (TPSA) is 112 Å². The van der Waals surface area contributed by atoms with Gasteiger partial charge < -0.3 is 10.2 Å². The Morgan fingerprint density at radius 1 is 0.679 bits per heavy atom. The van der Waals surface area contributed by atoms with Gasteiger partial charge in [0.2, 0.25) is 10.0 Å². The van der Waals surface area contributed by atoms with Crippen molar-refractivity contribution in [1.29, 1.82) is 0 Å². The fourth-order valence-electron chi connectivity index (χ4n) is 3.09. The van der Waals surface area contributed by atoms with Gasteiger partial charge in [0.25, 0.3) is 0 Å². The molecule has 0 aromatic carbocycles. The quantitative estimate of drug-likeness (QED) is 0.284. The SMILES string of the molecule is CCCCCCCCCCCCCCS(=O)(=O)N(CCC(=O)O)CCC(=O)O. The highest BCUT2D eigenvalue weighted by Gasteiger charge is 2.22. The van der Waals surface area contributed by atoms with E-state index in [-0.39, 0.29) is 31.7 Å². The van der Waals surface area contributed by atoms with Crippen molar-refractivity contribution in [2.45, 2.75) is 96.8 Å². The smallest absolute Gasteiger partial charge is 0.304 e. The fraction of sp³-hybridized carbons (Fsp3) is 0.900. The van der Waals surface area contributed by atoms with Crippen molar-refractivity contribution < 1.29 is 28.2 Å². The molecule has 28 heavy (non-hydrogen) atoms. The van der Waals surface area contributed by atoms with Gasteiger partial charge in [0.1, 0.15) is 0 Å². The molecule has 0 rings (SSSR count). The third-order valence-corrected chi connectivity index (χ3v) is 6.76. The molecule has 0 unspecified atom stereocenters. The van der Waals surface area contributed by atoms with Crippen LogP contribution in [0.5, 0.6) is 0 Å². The largest absolute Gasteiger partial charge is 0.481 e. The lowest BCUT2D eigenvalue weighted by Gasteiger charge is -2.20. The summed E-state index contributed by atoms with van der Waals surface area (Å²) in [6.07, 6.45) is 13.1. The summed E-state index contributed by atoms with van der Waals surface area (Å²) in [6, 6.07) is 0. The van der Waals surface area contributed by atoms with Crippen molar-refractivity contribution in [3.8, 4) is 0 Å². The van der Waals surface area contributed by atoms with E-state index in [4.69, 9.17) is 10.2 Å². The van der Waals surface area contributed by atoms with Crippen molar-refractivity contribution in [3.05, 3.63) is 0 Å². The third-order valence-electron chi connectivity index (χ3n) is 4.80. The Morgan fingerprint density at radius 2 is 1.04 bits per heavy atom. The molecule has 0 aliphatic carbocycles. The molecule has 166 valence electrons. The second-order valence-corrected chi connectivity index (χ2v) is 9.48. The van der Waals surface area contributed by atoms with Gasteiger partial charge in [-0.15, -0.1) is 0 Å². The summed E-state index contributed by atoms with van der Waals surface area (Å²) in [7, 11) is -3.62. The van der Waals surface area contributed by atoms with Crippen LogP contribution in [0.2, 0.25) is 0 Å². The molecule has 8 heteroatoms. The van der Waals surface area contributed by atoms with Gasteiger partial charge in [-0.1, -0.05) is 77.6 Å². The molecule has 0 radical (unpaired) electrons. The number of rotatable bonds is 20. The van der Waals surface area contributed by atoms with E-state index in [1.54, 1.807) is 0 Å². The van der Waals surface area contributed by atoms with E-state index in [0.717, 1.165) is 23.6 Å². The molecule has 2 N–H and O–H groups in total. The van der Waals surface area contributed by atoms with Crippen LogP contribution in [0, 0.1) is 0 Å². The Balaban J connectivity index is 3.95. The van der Waals surface area contributed by atoms with Crippen molar-refractivity contribution in [2.24, 2.45) is 0 Å². The van der Waals surface area contributed by atoms with Gasteiger partial charge in [0.05, 0.1) is 18.6 Å². The number of aliphatic carboxylic acids is 2. The van der Waals surface area contributed by atoms with Crippen LogP contribution in [0.1, 0.15) is 96.8 Å². The van der Waals surface area contributed by atoms with Crippen LogP contribution < -0.4 is 0 Å². The Hall–Kier alpha value is -1.15. The monoisotopic (exact) mass is 421 g/mol. The maximum Gasteiger partial charge on any atom is 0.304 e.